The van der Waals surface area contributed by atoms with Crippen molar-refractivity contribution in [3.05, 3.63) is 35.4 Å². The van der Waals surface area contributed by atoms with E-state index in [2.05, 4.69) is 20.8 Å². The van der Waals surface area contributed by atoms with Crippen LogP contribution < -0.4 is 5.32 Å². The van der Waals surface area contributed by atoms with Crippen LogP contribution in [0.15, 0.2) is 29.4 Å². The largest absolute Gasteiger partial charge is 0.350 e. The predicted molar refractivity (Wildman–Crippen MR) is 87.2 cm³/mol. The van der Waals surface area contributed by atoms with Gasteiger partial charge in [-0.2, -0.15) is 0 Å². The van der Waals surface area contributed by atoms with Crippen molar-refractivity contribution in [1.29, 1.82) is 0 Å². The summed E-state index contributed by atoms with van der Waals surface area (Å²) in [6, 6.07) is 7.18. The van der Waals surface area contributed by atoms with Gasteiger partial charge in [-0.15, -0.1) is 5.10 Å². The highest BCUT2D eigenvalue weighted by Crippen LogP contribution is 2.18. The standard InChI is InChI=1S/C15H19N5O2S/c1-4-20-15(17-18-19-20)23-9-14(22)13-7-5-12(6-8-13)10(2)16-11(3)21/h5-8,10H,4,9H2,1-3H3,(H,16,21). The number of thioether (sulfide) groups is 1. The zero-order valence-corrected chi connectivity index (χ0v) is 14.1. The molecule has 1 aromatic carbocycles. The maximum atomic E-state index is 12.2. The first-order chi connectivity index (χ1) is 11.0. The number of benzene rings is 1. The molecule has 8 heteroatoms. The number of nitrogens with zero attached hydrogens (tertiary/aromatic N) is 4. The van der Waals surface area contributed by atoms with Crippen molar-refractivity contribution < 1.29 is 9.59 Å². The van der Waals surface area contributed by atoms with Crippen LogP contribution in [0.3, 0.4) is 0 Å². The molecule has 23 heavy (non-hydrogen) atoms. The number of hydrogen-bond acceptors (Lipinski definition) is 6. The predicted octanol–water partition coefficient (Wildman–Crippen LogP) is 1.87. The van der Waals surface area contributed by atoms with Crippen molar-refractivity contribution in [3.8, 4) is 0 Å². The molecular weight excluding hydrogens is 314 g/mol. The molecule has 1 atom stereocenters. The highest BCUT2D eigenvalue weighted by atomic mass is 32.2. The van der Waals surface area contributed by atoms with Gasteiger partial charge in [-0.25, -0.2) is 4.68 Å². The summed E-state index contributed by atoms with van der Waals surface area (Å²) >= 11 is 1.32. The van der Waals surface area contributed by atoms with Crippen molar-refractivity contribution >= 4 is 23.5 Å². The van der Waals surface area contributed by atoms with Gasteiger partial charge in [-0.1, -0.05) is 36.0 Å². The SMILES string of the molecule is CCn1nnnc1SCC(=O)c1ccc(C(C)NC(C)=O)cc1. The summed E-state index contributed by atoms with van der Waals surface area (Å²) < 4.78 is 1.65. The Morgan fingerprint density at radius 1 is 1.30 bits per heavy atom. The van der Waals surface area contributed by atoms with Crippen molar-refractivity contribution in [2.24, 2.45) is 0 Å². The van der Waals surface area contributed by atoms with Gasteiger partial charge in [0.15, 0.2) is 5.78 Å². The number of aryl methyl sites for hydroxylation is 1. The van der Waals surface area contributed by atoms with Crippen LogP contribution in [-0.4, -0.2) is 37.7 Å². The van der Waals surface area contributed by atoms with Crippen LogP contribution in [0, 0.1) is 0 Å². The van der Waals surface area contributed by atoms with Gasteiger partial charge in [0.1, 0.15) is 0 Å². The second-order valence-electron chi connectivity index (χ2n) is 5.03. The van der Waals surface area contributed by atoms with E-state index in [0.29, 0.717) is 17.3 Å². The molecule has 2 rings (SSSR count). The zero-order valence-electron chi connectivity index (χ0n) is 13.3. The molecule has 1 unspecified atom stereocenters. The molecule has 7 nitrogen and oxygen atoms in total. The van der Waals surface area contributed by atoms with E-state index >= 15 is 0 Å². The zero-order chi connectivity index (χ0) is 16.8. The third kappa shape index (κ3) is 4.62. The van der Waals surface area contributed by atoms with E-state index in [9.17, 15) is 9.59 Å². The maximum absolute atomic E-state index is 12.2. The number of nitrogens with one attached hydrogen (secondary N) is 1. The number of amides is 1. The second-order valence-corrected chi connectivity index (χ2v) is 5.98. The Morgan fingerprint density at radius 2 is 2.00 bits per heavy atom. The first kappa shape index (κ1) is 17.1. The minimum atomic E-state index is -0.0831. The van der Waals surface area contributed by atoms with Crippen molar-refractivity contribution in [2.45, 2.75) is 38.5 Å². The molecule has 1 heterocycles. The molecule has 1 aromatic heterocycles. The third-order valence-electron chi connectivity index (χ3n) is 3.28. The van der Waals surface area contributed by atoms with E-state index in [1.54, 1.807) is 16.8 Å². The van der Waals surface area contributed by atoms with E-state index in [0.717, 1.165) is 5.56 Å². The number of ketones is 1. The van der Waals surface area contributed by atoms with Gasteiger partial charge < -0.3 is 5.32 Å². The van der Waals surface area contributed by atoms with E-state index in [1.807, 2.05) is 26.0 Å². The number of Topliss-reactive ketones (excluding diaryl/α,β-unsaturated/α-hetero) is 1. The molecular formula is C15H19N5O2S. The number of carbonyl (C=O) groups excluding carboxylic acids is 2. The lowest BCUT2D eigenvalue weighted by Crippen LogP contribution is -2.23. The lowest BCUT2D eigenvalue weighted by atomic mass is 10.0. The summed E-state index contributed by atoms with van der Waals surface area (Å²) in [6.45, 7) is 5.99. The summed E-state index contributed by atoms with van der Waals surface area (Å²) in [4.78, 5) is 23.3. The summed E-state index contributed by atoms with van der Waals surface area (Å²) in [5, 5.41) is 14.8. The van der Waals surface area contributed by atoms with Crippen molar-refractivity contribution in [1.82, 2.24) is 25.5 Å². The molecule has 1 N–H and O–H groups in total. The fourth-order valence-electron chi connectivity index (χ4n) is 2.06. The number of aromatic nitrogens is 4. The lowest BCUT2D eigenvalue weighted by Gasteiger charge is -2.13. The molecule has 1 amide bonds. The van der Waals surface area contributed by atoms with Crippen LogP contribution >= 0.6 is 11.8 Å². The molecule has 122 valence electrons. The summed E-state index contributed by atoms with van der Waals surface area (Å²) in [7, 11) is 0. The summed E-state index contributed by atoms with van der Waals surface area (Å²) in [6.07, 6.45) is 0. The monoisotopic (exact) mass is 333 g/mol. The minimum Gasteiger partial charge on any atom is -0.350 e. The van der Waals surface area contributed by atoms with Gasteiger partial charge in [-0.05, 0) is 29.8 Å². The van der Waals surface area contributed by atoms with Crippen LogP contribution in [0.1, 0.15) is 42.7 Å². The molecule has 0 bridgehead atoms. The van der Waals surface area contributed by atoms with Gasteiger partial charge in [0.25, 0.3) is 0 Å². The van der Waals surface area contributed by atoms with Crippen LogP contribution in [-0.2, 0) is 11.3 Å². The van der Waals surface area contributed by atoms with Crippen LogP contribution in [0.2, 0.25) is 0 Å². The van der Waals surface area contributed by atoms with E-state index in [-0.39, 0.29) is 23.5 Å². The number of rotatable bonds is 7. The first-order valence-electron chi connectivity index (χ1n) is 7.30. The highest BCUT2D eigenvalue weighted by molar-refractivity contribution is 7.99. The van der Waals surface area contributed by atoms with Gasteiger partial charge in [-0.3, -0.25) is 9.59 Å². The topological polar surface area (TPSA) is 89.8 Å². The molecule has 0 fully saturated rings. The average Bonchev–Trinajstić information content (AvgIpc) is 2.99. The smallest absolute Gasteiger partial charge is 0.217 e. The van der Waals surface area contributed by atoms with Gasteiger partial charge in [0, 0.05) is 19.0 Å². The Kier molecular flexibility index (Phi) is 5.86. The molecule has 0 saturated carbocycles. The highest BCUT2D eigenvalue weighted by Gasteiger charge is 2.12. The van der Waals surface area contributed by atoms with Gasteiger partial charge >= 0.3 is 0 Å². The Hall–Kier alpha value is -2.22. The first-order valence-corrected chi connectivity index (χ1v) is 8.29. The summed E-state index contributed by atoms with van der Waals surface area (Å²) in [5.74, 6) is 0.211. The molecule has 0 radical (unpaired) electrons. The van der Waals surface area contributed by atoms with Crippen molar-refractivity contribution in [3.63, 3.8) is 0 Å². The van der Waals surface area contributed by atoms with Crippen LogP contribution in [0.5, 0.6) is 0 Å². The minimum absolute atomic E-state index is 0.0133. The Balaban J connectivity index is 1.96. The third-order valence-corrected chi connectivity index (χ3v) is 4.24. The maximum Gasteiger partial charge on any atom is 0.217 e. The molecule has 0 aliphatic rings. The fourth-order valence-corrected chi connectivity index (χ4v) is 2.89. The lowest BCUT2D eigenvalue weighted by molar-refractivity contribution is -0.119. The van der Waals surface area contributed by atoms with Crippen LogP contribution in [0.4, 0.5) is 0 Å². The van der Waals surface area contributed by atoms with Gasteiger partial charge in [0.2, 0.25) is 11.1 Å². The Morgan fingerprint density at radius 3 is 2.61 bits per heavy atom. The summed E-state index contributed by atoms with van der Waals surface area (Å²) in [5.41, 5.74) is 1.59. The average molecular weight is 333 g/mol. The molecule has 0 aliphatic heterocycles. The normalized spacial score (nSPS) is 12.0. The number of hydrogen-bond donors (Lipinski definition) is 1. The number of tetrazole rings is 1. The Bertz CT molecular complexity index is 683. The van der Waals surface area contributed by atoms with Gasteiger partial charge in [0.05, 0.1) is 11.8 Å². The Labute approximate surface area is 138 Å². The van der Waals surface area contributed by atoms with E-state index in [1.165, 1.54) is 18.7 Å². The molecule has 0 saturated heterocycles. The molecule has 2 aromatic rings. The molecule has 0 aliphatic carbocycles. The second kappa shape index (κ2) is 7.87. The number of carbonyl (C=O) groups is 2. The van der Waals surface area contributed by atoms with E-state index < -0.39 is 0 Å². The molecule has 0 spiro atoms. The quantitative estimate of drug-likeness (QED) is 0.614. The van der Waals surface area contributed by atoms with Crippen molar-refractivity contribution in [2.75, 3.05) is 5.75 Å². The van der Waals surface area contributed by atoms with E-state index in [4.69, 9.17) is 0 Å². The fraction of sp³-hybridized carbons (Fsp3) is 0.400. The van der Waals surface area contributed by atoms with Crippen LogP contribution in [0.25, 0.3) is 0 Å².